The minimum Gasteiger partial charge on any atom is -0.277 e. The molecule has 0 aliphatic rings. The summed E-state index contributed by atoms with van der Waals surface area (Å²) in [5.41, 5.74) is 0.620. The predicted octanol–water partition coefficient (Wildman–Crippen LogP) is 2.69. The van der Waals surface area contributed by atoms with Crippen molar-refractivity contribution in [1.82, 2.24) is 10.3 Å². The first-order valence-electron chi connectivity index (χ1n) is 6.06. The van der Waals surface area contributed by atoms with E-state index in [1.165, 1.54) is 6.07 Å². The van der Waals surface area contributed by atoms with Gasteiger partial charge in [-0.15, -0.1) is 0 Å². The fourth-order valence-electron chi connectivity index (χ4n) is 1.91. The van der Waals surface area contributed by atoms with Gasteiger partial charge in [0.05, 0.1) is 10.6 Å². The molecular formula is C12H7BrN4O5S. The minimum absolute atomic E-state index is 0.0738. The first kappa shape index (κ1) is 15.4. The molecule has 0 atom stereocenters. The van der Waals surface area contributed by atoms with E-state index < -0.39 is 14.9 Å². The van der Waals surface area contributed by atoms with E-state index in [2.05, 4.69) is 35.6 Å². The van der Waals surface area contributed by atoms with E-state index in [-0.39, 0.29) is 26.3 Å². The first-order valence-corrected chi connectivity index (χ1v) is 8.34. The molecule has 3 aromatic rings. The molecule has 1 heterocycles. The molecule has 0 fully saturated rings. The SMILES string of the molecule is O=[N+]([O-])c1ccc(S(=O)(=O)Nc2cccc3nonc23)c(Br)c1. The van der Waals surface area contributed by atoms with Gasteiger partial charge in [-0.2, -0.15) is 0 Å². The number of nitro benzene ring substituents is 1. The van der Waals surface area contributed by atoms with Gasteiger partial charge in [0.25, 0.3) is 15.7 Å². The summed E-state index contributed by atoms with van der Waals surface area (Å²) in [6, 6.07) is 8.08. The second-order valence-corrected chi connectivity index (χ2v) is 6.92. The van der Waals surface area contributed by atoms with E-state index in [0.717, 1.165) is 18.2 Å². The number of nitro groups is 1. The van der Waals surface area contributed by atoms with Crippen molar-refractivity contribution >= 4 is 48.4 Å². The summed E-state index contributed by atoms with van der Waals surface area (Å²) in [5.74, 6) is 0. The zero-order valence-corrected chi connectivity index (χ0v) is 13.5. The van der Waals surface area contributed by atoms with E-state index in [1.54, 1.807) is 12.1 Å². The lowest BCUT2D eigenvalue weighted by atomic mass is 10.3. The number of halogens is 1. The highest BCUT2D eigenvalue weighted by Gasteiger charge is 2.22. The van der Waals surface area contributed by atoms with Crippen LogP contribution in [0.4, 0.5) is 11.4 Å². The first-order chi connectivity index (χ1) is 10.9. The average molecular weight is 399 g/mol. The number of hydrogen-bond acceptors (Lipinski definition) is 7. The molecule has 0 bridgehead atoms. The largest absolute Gasteiger partial charge is 0.277 e. The Morgan fingerprint density at radius 3 is 2.70 bits per heavy atom. The van der Waals surface area contributed by atoms with Gasteiger partial charge in [0.15, 0.2) is 5.52 Å². The van der Waals surface area contributed by atoms with Crippen molar-refractivity contribution in [2.75, 3.05) is 4.72 Å². The van der Waals surface area contributed by atoms with Crippen LogP contribution in [0.15, 0.2) is 50.4 Å². The lowest BCUT2D eigenvalue weighted by molar-refractivity contribution is -0.385. The second kappa shape index (κ2) is 5.59. The predicted molar refractivity (Wildman–Crippen MR) is 83.4 cm³/mol. The number of non-ortho nitro benzene ring substituents is 1. The minimum atomic E-state index is -3.98. The molecule has 23 heavy (non-hydrogen) atoms. The Bertz CT molecular complexity index is 1020. The highest BCUT2D eigenvalue weighted by atomic mass is 79.9. The highest BCUT2D eigenvalue weighted by molar-refractivity contribution is 9.10. The topological polar surface area (TPSA) is 128 Å². The molecule has 118 valence electrons. The Balaban J connectivity index is 2.02. The van der Waals surface area contributed by atoms with E-state index >= 15 is 0 Å². The molecule has 0 amide bonds. The lowest BCUT2D eigenvalue weighted by Crippen LogP contribution is -2.14. The Labute approximate surface area is 137 Å². The van der Waals surface area contributed by atoms with Crippen LogP contribution in [-0.4, -0.2) is 23.7 Å². The molecule has 1 aromatic heterocycles. The van der Waals surface area contributed by atoms with Gasteiger partial charge in [-0.1, -0.05) is 6.07 Å². The summed E-state index contributed by atoms with van der Waals surface area (Å²) in [6.07, 6.45) is 0. The number of aromatic nitrogens is 2. The number of benzene rings is 2. The van der Waals surface area contributed by atoms with Gasteiger partial charge in [0, 0.05) is 16.6 Å². The third-order valence-corrected chi connectivity index (χ3v) is 5.29. The summed E-state index contributed by atoms with van der Waals surface area (Å²) in [7, 11) is -3.98. The molecule has 0 unspecified atom stereocenters. The number of anilines is 1. The van der Waals surface area contributed by atoms with Gasteiger partial charge >= 0.3 is 0 Å². The van der Waals surface area contributed by atoms with Crippen molar-refractivity contribution in [3.63, 3.8) is 0 Å². The Hall–Kier alpha value is -2.53. The summed E-state index contributed by atoms with van der Waals surface area (Å²) in [6.45, 7) is 0. The van der Waals surface area contributed by atoms with E-state index in [4.69, 9.17) is 0 Å². The van der Waals surface area contributed by atoms with Crippen molar-refractivity contribution < 1.29 is 18.0 Å². The molecular weight excluding hydrogens is 392 g/mol. The van der Waals surface area contributed by atoms with Crippen LogP contribution in [0.3, 0.4) is 0 Å². The molecule has 0 aliphatic carbocycles. The molecule has 2 aromatic carbocycles. The normalized spacial score (nSPS) is 11.5. The molecule has 11 heteroatoms. The van der Waals surface area contributed by atoms with E-state index in [1.807, 2.05) is 0 Å². The molecule has 0 spiro atoms. The maximum atomic E-state index is 12.5. The number of sulfonamides is 1. The Morgan fingerprint density at radius 1 is 1.22 bits per heavy atom. The van der Waals surface area contributed by atoms with Crippen molar-refractivity contribution in [2.45, 2.75) is 4.90 Å². The van der Waals surface area contributed by atoms with E-state index in [0.29, 0.717) is 5.52 Å². The zero-order valence-electron chi connectivity index (χ0n) is 11.1. The summed E-state index contributed by atoms with van der Waals surface area (Å²) >= 11 is 3.04. The lowest BCUT2D eigenvalue weighted by Gasteiger charge is -2.09. The number of fused-ring (bicyclic) bond motifs is 1. The van der Waals surface area contributed by atoms with Gasteiger partial charge in [-0.25, -0.2) is 13.0 Å². The van der Waals surface area contributed by atoms with Crippen LogP contribution in [0.25, 0.3) is 11.0 Å². The summed E-state index contributed by atoms with van der Waals surface area (Å²) in [4.78, 5) is 9.96. The van der Waals surface area contributed by atoms with Crippen LogP contribution in [-0.2, 0) is 10.0 Å². The van der Waals surface area contributed by atoms with Crippen LogP contribution in [0.2, 0.25) is 0 Å². The monoisotopic (exact) mass is 398 g/mol. The van der Waals surface area contributed by atoms with Crippen molar-refractivity contribution in [1.29, 1.82) is 0 Å². The van der Waals surface area contributed by atoms with Crippen LogP contribution < -0.4 is 4.72 Å². The third-order valence-electron chi connectivity index (χ3n) is 2.95. The molecule has 0 saturated heterocycles. The maximum Gasteiger partial charge on any atom is 0.270 e. The van der Waals surface area contributed by atoms with Gasteiger partial charge in [0.2, 0.25) is 0 Å². The standard InChI is InChI=1S/C12H7BrN4O5S/c13-8-6-7(17(18)19)4-5-11(8)23(20,21)16-10-3-1-2-9-12(10)15-22-14-9/h1-6,16H. The number of nitrogens with one attached hydrogen (secondary N) is 1. The van der Waals surface area contributed by atoms with Gasteiger partial charge in [-0.05, 0) is 44.4 Å². The maximum absolute atomic E-state index is 12.5. The Morgan fingerprint density at radius 2 is 2.00 bits per heavy atom. The van der Waals surface area contributed by atoms with Crippen LogP contribution in [0.5, 0.6) is 0 Å². The quantitative estimate of drug-likeness (QED) is 0.528. The molecule has 0 saturated carbocycles. The number of nitrogens with zero attached hydrogens (tertiary/aromatic N) is 3. The smallest absolute Gasteiger partial charge is 0.270 e. The summed E-state index contributed by atoms with van der Waals surface area (Å²) in [5, 5.41) is 18.0. The number of hydrogen-bond donors (Lipinski definition) is 1. The zero-order chi connectivity index (χ0) is 16.6. The molecule has 0 aliphatic heterocycles. The number of rotatable bonds is 4. The van der Waals surface area contributed by atoms with Gasteiger partial charge in [-0.3, -0.25) is 14.8 Å². The fourth-order valence-corrected chi connectivity index (χ4v) is 4.04. The highest BCUT2D eigenvalue weighted by Crippen LogP contribution is 2.29. The van der Waals surface area contributed by atoms with Crippen LogP contribution >= 0.6 is 15.9 Å². The molecule has 3 rings (SSSR count). The molecule has 1 N–H and O–H groups in total. The van der Waals surface area contributed by atoms with Crippen LogP contribution in [0, 0.1) is 10.1 Å². The molecule has 0 radical (unpaired) electrons. The fraction of sp³-hybridized carbons (Fsp3) is 0. The molecule has 9 nitrogen and oxygen atoms in total. The van der Waals surface area contributed by atoms with Gasteiger partial charge < -0.3 is 0 Å². The Kier molecular flexibility index (Phi) is 3.74. The van der Waals surface area contributed by atoms with E-state index in [9.17, 15) is 18.5 Å². The average Bonchev–Trinajstić information content (AvgIpc) is 2.96. The van der Waals surface area contributed by atoms with Gasteiger partial charge in [0.1, 0.15) is 10.4 Å². The van der Waals surface area contributed by atoms with Crippen molar-refractivity contribution in [3.8, 4) is 0 Å². The second-order valence-electron chi connectivity index (χ2n) is 4.41. The van der Waals surface area contributed by atoms with Crippen molar-refractivity contribution in [3.05, 3.63) is 51.0 Å². The summed E-state index contributed by atoms with van der Waals surface area (Å²) < 4.78 is 32.0. The van der Waals surface area contributed by atoms with Crippen LogP contribution in [0.1, 0.15) is 0 Å². The third kappa shape index (κ3) is 2.87. The van der Waals surface area contributed by atoms with Crippen molar-refractivity contribution in [2.24, 2.45) is 0 Å².